The van der Waals surface area contributed by atoms with Crippen LogP contribution in [-0.2, 0) is 4.74 Å². The Balaban J connectivity index is 1.83. The zero-order valence-electron chi connectivity index (χ0n) is 11.1. The van der Waals surface area contributed by atoms with E-state index in [1.54, 1.807) is 6.20 Å². The van der Waals surface area contributed by atoms with E-state index in [0.717, 1.165) is 10.9 Å². The maximum absolute atomic E-state index is 9.94. The van der Waals surface area contributed by atoms with E-state index in [0.29, 0.717) is 5.75 Å². The van der Waals surface area contributed by atoms with Crippen LogP contribution in [0.2, 0.25) is 0 Å². The van der Waals surface area contributed by atoms with Gasteiger partial charge >= 0.3 is 0 Å². The van der Waals surface area contributed by atoms with Crippen molar-refractivity contribution in [1.29, 1.82) is 0 Å². The molecule has 1 fully saturated rings. The van der Waals surface area contributed by atoms with Crippen molar-refractivity contribution in [2.24, 2.45) is 0 Å². The summed E-state index contributed by atoms with van der Waals surface area (Å²) in [7, 11) is 0. The number of aliphatic hydroxyl groups excluding tert-OH is 4. The van der Waals surface area contributed by atoms with Crippen LogP contribution in [0.5, 0.6) is 5.75 Å². The lowest BCUT2D eigenvalue weighted by Gasteiger charge is -2.39. The van der Waals surface area contributed by atoms with Crippen molar-refractivity contribution < 1.29 is 29.9 Å². The maximum Gasteiger partial charge on any atom is 0.229 e. The van der Waals surface area contributed by atoms with E-state index < -0.39 is 37.3 Å². The van der Waals surface area contributed by atoms with Crippen LogP contribution >= 0.6 is 0 Å². The summed E-state index contributed by atoms with van der Waals surface area (Å²) < 4.78 is 10.9. The molecule has 1 aromatic carbocycles. The number of H-pyrrole nitrogens is 1. The van der Waals surface area contributed by atoms with Crippen LogP contribution in [-0.4, -0.2) is 62.7 Å². The number of nitrogens with one attached hydrogen (secondary N) is 1. The third-order valence-corrected chi connectivity index (χ3v) is 3.64. The highest BCUT2D eigenvalue weighted by molar-refractivity contribution is 5.85. The number of hydrogen-bond donors (Lipinski definition) is 5. The van der Waals surface area contributed by atoms with Crippen LogP contribution in [0.15, 0.2) is 30.5 Å². The highest BCUT2D eigenvalue weighted by Gasteiger charge is 2.44. The summed E-state index contributed by atoms with van der Waals surface area (Å²) in [6.07, 6.45) is -4.82. The first-order valence-electron chi connectivity index (χ1n) is 6.65. The van der Waals surface area contributed by atoms with Crippen molar-refractivity contribution in [3.63, 3.8) is 0 Å². The first-order chi connectivity index (χ1) is 10.1. The molecule has 0 saturated carbocycles. The summed E-state index contributed by atoms with van der Waals surface area (Å²) in [6, 6.07) is 7.42. The van der Waals surface area contributed by atoms with E-state index in [2.05, 4.69) is 4.98 Å². The molecule has 0 aliphatic carbocycles. The monoisotopic (exact) mass is 295 g/mol. The van der Waals surface area contributed by atoms with Gasteiger partial charge in [0.05, 0.1) is 6.61 Å². The normalized spacial score (nSPS) is 33.2. The highest BCUT2D eigenvalue weighted by Crippen LogP contribution is 2.29. The highest BCUT2D eigenvalue weighted by atomic mass is 16.7. The minimum atomic E-state index is -1.45. The van der Waals surface area contributed by atoms with Gasteiger partial charge in [-0.05, 0) is 12.1 Å². The van der Waals surface area contributed by atoms with Crippen LogP contribution in [0.1, 0.15) is 0 Å². The Bertz CT molecular complexity index is 612. The zero-order valence-corrected chi connectivity index (χ0v) is 11.1. The largest absolute Gasteiger partial charge is 0.460 e. The van der Waals surface area contributed by atoms with E-state index >= 15 is 0 Å². The van der Waals surface area contributed by atoms with Gasteiger partial charge in [0.25, 0.3) is 0 Å². The molecule has 0 amide bonds. The van der Waals surface area contributed by atoms with Gasteiger partial charge in [0.15, 0.2) is 0 Å². The van der Waals surface area contributed by atoms with Gasteiger partial charge < -0.3 is 34.9 Å². The van der Waals surface area contributed by atoms with E-state index in [4.69, 9.17) is 14.6 Å². The van der Waals surface area contributed by atoms with E-state index in [9.17, 15) is 15.3 Å². The van der Waals surface area contributed by atoms with Gasteiger partial charge in [-0.2, -0.15) is 0 Å². The third kappa shape index (κ3) is 2.50. The summed E-state index contributed by atoms with van der Waals surface area (Å²) in [5.74, 6) is 0.454. The van der Waals surface area contributed by atoms with Gasteiger partial charge in [0.1, 0.15) is 30.2 Å². The quantitative estimate of drug-likeness (QED) is 0.514. The van der Waals surface area contributed by atoms with E-state index in [1.807, 2.05) is 24.3 Å². The summed E-state index contributed by atoms with van der Waals surface area (Å²) in [5.41, 5.74) is 0.858. The minimum absolute atomic E-state index is 0.454. The number of hydrogen-bond acceptors (Lipinski definition) is 6. The Morgan fingerprint density at radius 3 is 2.62 bits per heavy atom. The fourth-order valence-electron chi connectivity index (χ4n) is 2.43. The molecule has 0 bridgehead atoms. The Morgan fingerprint density at radius 2 is 1.86 bits per heavy atom. The van der Waals surface area contributed by atoms with Gasteiger partial charge in [0.2, 0.25) is 6.29 Å². The molecule has 21 heavy (non-hydrogen) atoms. The molecule has 7 nitrogen and oxygen atoms in total. The summed E-state index contributed by atoms with van der Waals surface area (Å²) in [4.78, 5) is 3.01. The van der Waals surface area contributed by atoms with Crippen molar-refractivity contribution >= 4 is 10.9 Å². The molecule has 5 N–H and O–H groups in total. The number of rotatable bonds is 3. The number of aliphatic hydroxyl groups is 4. The van der Waals surface area contributed by atoms with Gasteiger partial charge in [-0.3, -0.25) is 0 Å². The lowest BCUT2D eigenvalue weighted by molar-refractivity contribution is -0.277. The molecule has 1 aromatic heterocycles. The number of ether oxygens (including phenoxy) is 2. The fraction of sp³-hybridized carbons (Fsp3) is 0.429. The average molecular weight is 295 g/mol. The molecule has 3 rings (SSSR count). The van der Waals surface area contributed by atoms with E-state index in [-0.39, 0.29) is 0 Å². The number of para-hydroxylation sites is 1. The Morgan fingerprint density at radius 1 is 1.10 bits per heavy atom. The molecule has 114 valence electrons. The number of fused-ring (bicyclic) bond motifs is 1. The molecule has 0 spiro atoms. The smallest absolute Gasteiger partial charge is 0.229 e. The minimum Gasteiger partial charge on any atom is -0.460 e. The van der Waals surface area contributed by atoms with Gasteiger partial charge in [-0.25, -0.2) is 0 Å². The molecular weight excluding hydrogens is 278 g/mol. The second-order valence-electron chi connectivity index (χ2n) is 5.01. The van der Waals surface area contributed by atoms with Crippen LogP contribution in [0.3, 0.4) is 0 Å². The zero-order chi connectivity index (χ0) is 15.0. The Kier molecular flexibility index (Phi) is 3.83. The van der Waals surface area contributed by atoms with Crippen molar-refractivity contribution in [2.75, 3.05) is 6.61 Å². The molecule has 7 heteroatoms. The van der Waals surface area contributed by atoms with Crippen LogP contribution in [0, 0.1) is 0 Å². The third-order valence-electron chi connectivity index (χ3n) is 3.64. The number of aromatic nitrogens is 1. The molecule has 1 aliphatic heterocycles. The molecule has 1 aliphatic rings. The predicted octanol–water partition coefficient (Wildman–Crippen LogP) is -0.653. The van der Waals surface area contributed by atoms with Crippen molar-refractivity contribution in [3.05, 3.63) is 30.5 Å². The Hall–Kier alpha value is -1.64. The second-order valence-corrected chi connectivity index (χ2v) is 5.01. The molecule has 1 saturated heterocycles. The standard InChI is InChI=1S/C14H17NO6/c16-6-10-11(17)12(18)13(19)14(21-10)20-9-5-15-8-4-2-1-3-7(8)9/h1-5,10-19H,6H2/t10-,11+,12+,13+,14+/m0/s1. The topological polar surface area (TPSA) is 115 Å². The molecule has 0 radical (unpaired) electrons. The summed E-state index contributed by atoms with van der Waals surface area (Å²) in [6.45, 7) is -0.487. The van der Waals surface area contributed by atoms with Crippen molar-refractivity contribution in [1.82, 2.24) is 4.98 Å². The molecular formula is C14H17NO6. The first-order valence-corrected chi connectivity index (χ1v) is 6.65. The lowest BCUT2D eigenvalue weighted by atomic mass is 9.99. The van der Waals surface area contributed by atoms with Gasteiger partial charge in [0, 0.05) is 17.1 Å². The van der Waals surface area contributed by atoms with Gasteiger partial charge in [-0.15, -0.1) is 0 Å². The summed E-state index contributed by atoms with van der Waals surface area (Å²) >= 11 is 0. The molecule has 2 heterocycles. The van der Waals surface area contributed by atoms with Crippen LogP contribution in [0.4, 0.5) is 0 Å². The van der Waals surface area contributed by atoms with Gasteiger partial charge in [-0.1, -0.05) is 12.1 Å². The number of aromatic amines is 1. The predicted molar refractivity (Wildman–Crippen MR) is 72.7 cm³/mol. The maximum atomic E-state index is 9.94. The molecule has 2 aromatic rings. The van der Waals surface area contributed by atoms with Crippen LogP contribution < -0.4 is 4.74 Å². The number of benzene rings is 1. The molecule has 5 atom stereocenters. The molecule has 0 unspecified atom stereocenters. The lowest BCUT2D eigenvalue weighted by Crippen LogP contribution is -2.60. The Labute approximate surface area is 120 Å². The SMILES string of the molecule is OC[C@@H]1O[C@@H](Oc2c[nH]c3ccccc23)[C@H](O)[C@H](O)[C@@H]1O. The second kappa shape index (κ2) is 5.63. The fourth-order valence-corrected chi connectivity index (χ4v) is 2.43. The first kappa shape index (κ1) is 14.3. The van der Waals surface area contributed by atoms with E-state index in [1.165, 1.54) is 0 Å². The van der Waals surface area contributed by atoms with Crippen molar-refractivity contribution in [3.8, 4) is 5.75 Å². The van der Waals surface area contributed by atoms with Crippen molar-refractivity contribution in [2.45, 2.75) is 30.7 Å². The van der Waals surface area contributed by atoms with Crippen LogP contribution in [0.25, 0.3) is 10.9 Å². The summed E-state index contributed by atoms with van der Waals surface area (Å²) in [5, 5.41) is 39.3. The average Bonchev–Trinajstić information content (AvgIpc) is 2.91.